The van der Waals surface area contributed by atoms with E-state index in [2.05, 4.69) is 16.8 Å². The number of carbonyl (C=O) groups excluding carboxylic acids is 1. The quantitative estimate of drug-likeness (QED) is 0.598. The van der Waals surface area contributed by atoms with Crippen molar-refractivity contribution in [2.24, 2.45) is 0 Å². The summed E-state index contributed by atoms with van der Waals surface area (Å²) in [5.74, 6) is 5.62. The molecule has 0 saturated carbocycles. The van der Waals surface area contributed by atoms with E-state index in [9.17, 15) is 9.18 Å². The Morgan fingerprint density at radius 3 is 2.41 bits per heavy atom. The predicted octanol–water partition coefficient (Wildman–Crippen LogP) is 3.23. The number of halogens is 1. The lowest BCUT2D eigenvalue weighted by Gasteiger charge is -2.03. The van der Waals surface area contributed by atoms with Crippen LogP contribution < -0.4 is 0 Å². The highest BCUT2D eigenvalue weighted by atomic mass is 32.1. The van der Waals surface area contributed by atoms with Crippen LogP contribution in [0, 0.1) is 24.6 Å². The monoisotopic (exact) mass is 316 g/mol. The van der Waals surface area contributed by atoms with Gasteiger partial charge in [-0.25, -0.2) is 9.37 Å². The molecule has 1 aromatic heterocycles. The molecule has 1 aliphatic rings. The molecule has 0 spiro atoms. The van der Waals surface area contributed by atoms with E-state index in [4.69, 9.17) is 0 Å². The fourth-order valence-electron chi connectivity index (χ4n) is 1.92. The van der Waals surface area contributed by atoms with E-state index in [0.717, 1.165) is 34.9 Å². The minimum absolute atomic E-state index is 0.245. The van der Waals surface area contributed by atoms with Gasteiger partial charge in [-0.1, -0.05) is 5.92 Å². The highest BCUT2D eigenvalue weighted by molar-refractivity contribution is 7.12. The molecule has 0 N–H and O–H groups in total. The number of thiazole rings is 1. The van der Waals surface area contributed by atoms with E-state index >= 15 is 0 Å². The van der Waals surface area contributed by atoms with Crippen LogP contribution in [-0.2, 0) is 4.79 Å². The maximum absolute atomic E-state index is 12.6. The third-order valence-electron chi connectivity index (χ3n) is 3.07. The fraction of sp³-hybridized carbons (Fsp3) is 0.294. The molecular weight excluding hydrogens is 299 g/mol. The predicted molar refractivity (Wildman–Crippen MR) is 86.1 cm³/mol. The van der Waals surface area contributed by atoms with Crippen molar-refractivity contribution in [2.75, 3.05) is 13.1 Å². The number of carbonyl (C=O) groups is 1. The first-order chi connectivity index (χ1) is 10.7. The van der Waals surface area contributed by atoms with E-state index in [-0.39, 0.29) is 5.82 Å². The topological polar surface area (TPSA) is 33.2 Å². The third kappa shape index (κ3) is 5.30. The summed E-state index contributed by atoms with van der Waals surface area (Å²) >= 11 is 1.55. The van der Waals surface area contributed by atoms with Gasteiger partial charge in [-0.2, -0.15) is 0 Å². The number of aryl methyl sites for hydroxylation is 1. The minimum Gasteiger partial charge on any atom is -0.345 e. The second-order valence-corrected chi connectivity index (χ2v) is 6.12. The summed E-state index contributed by atoms with van der Waals surface area (Å²) in [6.45, 7) is 3.94. The van der Waals surface area contributed by atoms with Crippen molar-refractivity contribution in [3.05, 3.63) is 51.7 Å². The average molecular weight is 316 g/mol. The Kier molecular flexibility index (Phi) is 6.11. The lowest BCUT2D eigenvalue weighted by atomic mass is 10.2. The molecule has 2 aromatic rings. The number of hydrogen-bond acceptors (Lipinski definition) is 3. The first-order valence-electron chi connectivity index (χ1n) is 7.07. The van der Waals surface area contributed by atoms with Crippen molar-refractivity contribution in [1.29, 1.82) is 0 Å². The molecule has 0 radical (unpaired) electrons. The minimum atomic E-state index is -0.245. The van der Waals surface area contributed by atoms with Crippen molar-refractivity contribution < 1.29 is 9.18 Å². The van der Waals surface area contributed by atoms with Crippen LogP contribution in [-0.4, -0.2) is 29.4 Å². The summed E-state index contributed by atoms with van der Waals surface area (Å²) in [6.07, 6.45) is 5.10. The maximum Gasteiger partial charge on any atom is 0.209 e. The summed E-state index contributed by atoms with van der Waals surface area (Å²) in [5.41, 5.74) is 0.796. The van der Waals surface area contributed by atoms with E-state index in [1.54, 1.807) is 34.6 Å². The Hall–Kier alpha value is -2.19. The Balaban J connectivity index is 0.000000211. The number of hydrogen-bond donors (Lipinski definition) is 0. The lowest BCUT2D eigenvalue weighted by Crippen LogP contribution is -2.15. The van der Waals surface area contributed by atoms with E-state index < -0.39 is 0 Å². The third-order valence-corrected chi connectivity index (χ3v) is 3.90. The number of benzene rings is 1. The molecule has 1 amide bonds. The molecule has 1 fully saturated rings. The van der Waals surface area contributed by atoms with Gasteiger partial charge < -0.3 is 4.90 Å². The zero-order valence-electron chi connectivity index (χ0n) is 12.4. The number of aromatic nitrogens is 1. The van der Waals surface area contributed by atoms with Gasteiger partial charge in [0, 0.05) is 29.7 Å². The van der Waals surface area contributed by atoms with Crippen LogP contribution in [0.25, 0.3) is 0 Å². The normalized spacial score (nSPS) is 12.9. The van der Waals surface area contributed by atoms with Crippen molar-refractivity contribution in [1.82, 2.24) is 9.88 Å². The summed E-state index contributed by atoms with van der Waals surface area (Å²) < 4.78 is 12.6. The number of likely N-dealkylation sites (tertiary alicyclic amines) is 1. The number of amides is 1. The van der Waals surface area contributed by atoms with Gasteiger partial charge in [0.15, 0.2) is 5.01 Å². The van der Waals surface area contributed by atoms with Crippen molar-refractivity contribution in [2.45, 2.75) is 19.8 Å². The van der Waals surface area contributed by atoms with E-state index in [1.165, 1.54) is 25.0 Å². The van der Waals surface area contributed by atoms with Crippen LogP contribution in [0.4, 0.5) is 4.39 Å². The maximum atomic E-state index is 12.6. The molecule has 0 unspecified atom stereocenters. The zero-order chi connectivity index (χ0) is 15.8. The summed E-state index contributed by atoms with van der Waals surface area (Å²) in [5, 5.41) is 0.789. The first-order valence-corrected chi connectivity index (χ1v) is 7.88. The molecule has 0 atom stereocenters. The number of rotatable bonds is 1. The summed E-state index contributed by atoms with van der Waals surface area (Å²) in [6, 6.07) is 6.11. The molecule has 0 aliphatic carbocycles. The summed E-state index contributed by atoms with van der Waals surface area (Å²) in [7, 11) is 0. The number of nitrogens with zero attached hydrogens (tertiary/aromatic N) is 2. The average Bonchev–Trinajstić information content (AvgIpc) is 3.19. The van der Waals surface area contributed by atoms with E-state index in [0.29, 0.717) is 0 Å². The van der Waals surface area contributed by atoms with Crippen LogP contribution in [0.3, 0.4) is 0 Å². The molecule has 3 nitrogen and oxygen atoms in total. The van der Waals surface area contributed by atoms with Gasteiger partial charge in [-0.05, 0) is 50.0 Å². The molecule has 2 heterocycles. The second kappa shape index (κ2) is 8.30. The molecule has 1 aromatic carbocycles. The van der Waals surface area contributed by atoms with Gasteiger partial charge in [-0.15, -0.1) is 11.3 Å². The molecule has 0 bridgehead atoms. The Bertz CT molecular complexity index is 664. The molecule has 1 aliphatic heterocycles. The van der Waals surface area contributed by atoms with Crippen molar-refractivity contribution in [3.63, 3.8) is 0 Å². The first kappa shape index (κ1) is 16.2. The molecular formula is C17H17FN2OS. The standard InChI is InChI=1S/C12H8FNS.C5H9NO/c1-9-8-14-12(15-9)7-4-10-2-5-11(13)6-3-10;7-5-6-3-1-2-4-6/h2-3,5-6,8H,1H3;5H,1-4H2. The summed E-state index contributed by atoms with van der Waals surface area (Å²) in [4.78, 5) is 17.0. The van der Waals surface area contributed by atoms with E-state index in [1.807, 2.05) is 6.92 Å². The Morgan fingerprint density at radius 1 is 1.23 bits per heavy atom. The van der Waals surface area contributed by atoms with Gasteiger partial charge in [0.25, 0.3) is 0 Å². The highest BCUT2D eigenvalue weighted by Crippen LogP contribution is 2.09. The van der Waals surface area contributed by atoms with Gasteiger partial charge in [0.2, 0.25) is 6.41 Å². The molecule has 3 rings (SSSR count). The van der Waals surface area contributed by atoms with Crippen LogP contribution in [0.15, 0.2) is 30.5 Å². The van der Waals surface area contributed by atoms with Crippen LogP contribution >= 0.6 is 11.3 Å². The van der Waals surface area contributed by atoms with Crippen molar-refractivity contribution >= 4 is 17.7 Å². The highest BCUT2D eigenvalue weighted by Gasteiger charge is 2.06. The second-order valence-electron chi connectivity index (χ2n) is 4.88. The largest absolute Gasteiger partial charge is 0.345 e. The molecule has 114 valence electrons. The fourth-order valence-corrected chi connectivity index (χ4v) is 2.54. The van der Waals surface area contributed by atoms with Crippen LogP contribution in [0.5, 0.6) is 0 Å². The molecule has 22 heavy (non-hydrogen) atoms. The van der Waals surface area contributed by atoms with Gasteiger partial charge in [0.05, 0.1) is 0 Å². The van der Waals surface area contributed by atoms with Gasteiger partial charge >= 0.3 is 0 Å². The van der Waals surface area contributed by atoms with Crippen LogP contribution in [0.1, 0.15) is 28.3 Å². The SMILES string of the molecule is Cc1cnc(C#Cc2ccc(F)cc2)s1.O=CN1CCCC1. The zero-order valence-corrected chi connectivity index (χ0v) is 13.2. The van der Waals surface area contributed by atoms with Crippen LogP contribution in [0.2, 0.25) is 0 Å². The molecule has 5 heteroatoms. The van der Waals surface area contributed by atoms with Gasteiger partial charge in [0.1, 0.15) is 5.82 Å². The Labute approximate surface area is 133 Å². The smallest absolute Gasteiger partial charge is 0.209 e. The Morgan fingerprint density at radius 2 is 1.91 bits per heavy atom. The lowest BCUT2D eigenvalue weighted by molar-refractivity contribution is -0.117. The van der Waals surface area contributed by atoms with Crippen molar-refractivity contribution in [3.8, 4) is 11.8 Å². The van der Waals surface area contributed by atoms with Gasteiger partial charge in [-0.3, -0.25) is 4.79 Å². The molecule has 1 saturated heterocycles.